The van der Waals surface area contributed by atoms with Crippen LogP contribution in [0.2, 0.25) is 5.15 Å². The lowest BCUT2D eigenvalue weighted by Crippen LogP contribution is -2.45. The average molecular weight is 297 g/mol. The Hall–Kier alpha value is -2.24. The highest BCUT2D eigenvalue weighted by atomic mass is 35.5. The molecule has 0 aromatic carbocycles. The lowest BCUT2D eigenvalue weighted by atomic mass is 10.2. The SMILES string of the molecule is N#CC1CN(C(=O)c2cc(Cl)ncc2[N+](=O)[O-])CCO1. The smallest absolute Gasteiger partial charge is 0.300 e. The van der Waals surface area contributed by atoms with Crippen molar-refractivity contribution in [3.8, 4) is 6.07 Å². The number of rotatable bonds is 2. The Morgan fingerprint density at radius 1 is 1.70 bits per heavy atom. The molecule has 1 aromatic rings. The minimum absolute atomic E-state index is 0.0101. The van der Waals surface area contributed by atoms with Gasteiger partial charge < -0.3 is 9.64 Å². The largest absolute Gasteiger partial charge is 0.360 e. The van der Waals surface area contributed by atoms with Gasteiger partial charge in [0.2, 0.25) is 0 Å². The minimum Gasteiger partial charge on any atom is -0.360 e. The Balaban J connectivity index is 2.31. The van der Waals surface area contributed by atoms with E-state index in [1.54, 1.807) is 0 Å². The molecule has 0 spiro atoms. The van der Waals surface area contributed by atoms with Crippen LogP contribution in [0.5, 0.6) is 0 Å². The van der Waals surface area contributed by atoms with Crippen molar-refractivity contribution in [2.45, 2.75) is 6.10 Å². The van der Waals surface area contributed by atoms with E-state index in [-0.39, 0.29) is 30.4 Å². The first-order valence-corrected chi connectivity index (χ1v) is 6.01. The second-order valence-electron chi connectivity index (χ2n) is 4.02. The Labute approximate surface area is 118 Å². The van der Waals surface area contributed by atoms with Gasteiger partial charge in [-0.05, 0) is 6.07 Å². The minimum atomic E-state index is -0.732. The van der Waals surface area contributed by atoms with E-state index in [4.69, 9.17) is 21.6 Å². The fourth-order valence-electron chi connectivity index (χ4n) is 1.82. The monoisotopic (exact) mass is 296 g/mol. The summed E-state index contributed by atoms with van der Waals surface area (Å²) in [5, 5.41) is 19.7. The van der Waals surface area contributed by atoms with Gasteiger partial charge in [-0.1, -0.05) is 11.6 Å². The molecule has 1 fully saturated rings. The summed E-state index contributed by atoms with van der Waals surface area (Å²) in [6.07, 6.45) is 0.210. The maximum absolute atomic E-state index is 12.3. The van der Waals surface area contributed by atoms with Gasteiger partial charge in [0.15, 0.2) is 6.10 Å². The molecular weight excluding hydrogens is 288 g/mol. The molecule has 0 saturated carbocycles. The molecule has 1 aliphatic heterocycles. The van der Waals surface area contributed by atoms with Crippen LogP contribution in [0, 0.1) is 21.4 Å². The summed E-state index contributed by atoms with van der Waals surface area (Å²) in [5.74, 6) is -0.565. The molecule has 0 radical (unpaired) electrons. The second kappa shape index (κ2) is 5.81. The summed E-state index contributed by atoms with van der Waals surface area (Å²) in [6, 6.07) is 3.05. The first kappa shape index (κ1) is 14.2. The molecule has 0 N–H and O–H groups in total. The number of morpholine rings is 1. The van der Waals surface area contributed by atoms with Crippen molar-refractivity contribution < 1.29 is 14.5 Å². The molecule has 9 heteroatoms. The number of hydrogen-bond donors (Lipinski definition) is 0. The molecule has 1 amide bonds. The van der Waals surface area contributed by atoms with E-state index >= 15 is 0 Å². The van der Waals surface area contributed by atoms with Crippen molar-refractivity contribution in [3.05, 3.63) is 33.1 Å². The van der Waals surface area contributed by atoms with Gasteiger partial charge in [-0.15, -0.1) is 0 Å². The van der Waals surface area contributed by atoms with Gasteiger partial charge in [0.25, 0.3) is 11.6 Å². The number of hydrogen-bond acceptors (Lipinski definition) is 6. The Morgan fingerprint density at radius 2 is 2.45 bits per heavy atom. The molecule has 2 rings (SSSR count). The van der Waals surface area contributed by atoms with E-state index in [2.05, 4.69) is 4.98 Å². The van der Waals surface area contributed by atoms with Gasteiger partial charge in [0, 0.05) is 6.54 Å². The number of carbonyl (C=O) groups is 1. The quantitative estimate of drug-likeness (QED) is 0.457. The van der Waals surface area contributed by atoms with Crippen LogP contribution >= 0.6 is 11.6 Å². The van der Waals surface area contributed by atoms with E-state index in [9.17, 15) is 14.9 Å². The van der Waals surface area contributed by atoms with Crippen LogP contribution in [-0.4, -0.2) is 46.5 Å². The fraction of sp³-hybridized carbons (Fsp3) is 0.364. The highest BCUT2D eigenvalue weighted by molar-refractivity contribution is 6.29. The fourth-order valence-corrected chi connectivity index (χ4v) is 1.98. The number of amides is 1. The maximum Gasteiger partial charge on any atom is 0.300 e. The van der Waals surface area contributed by atoms with Crippen LogP contribution in [0.25, 0.3) is 0 Å². The zero-order valence-corrected chi connectivity index (χ0v) is 10.9. The van der Waals surface area contributed by atoms with Gasteiger partial charge in [0.1, 0.15) is 16.9 Å². The lowest BCUT2D eigenvalue weighted by Gasteiger charge is -2.29. The number of nitro groups is 1. The van der Waals surface area contributed by atoms with Crippen LogP contribution in [0.15, 0.2) is 12.3 Å². The molecule has 1 aromatic heterocycles. The van der Waals surface area contributed by atoms with Crippen LogP contribution in [-0.2, 0) is 4.74 Å². The first-order chi connectivity index (χ1) is 9.52. The number of pyridine rings is 1. The average Bonchev–Trinajstić information content (AvgIpc) is 2.46. The van der Waals surface area contributed by atoms with Gasteiger partial charge in [-0.25, -0.2) is 4.98 Å². The predicted molar refractivity (Wildman–Crippen MR) is 67.2 cm³/mol. The topological polar surface area (TPSA) is 109 Å². The lowest BCUT2D eigenvalue weighted by molar-refractivity contribution is -0.385. The summed E-state index contributed by atoms with van der Waals surface area (Å²) < 4.78 is 5.12. The number of aromatic nitrogens is 1. The van der Waals surface area contributed by atoms with E-state index in [0.29, 0.717) is 0 Å². The van der Waals surface area contributed by atoms with E-state index in [1.165, 1.54) is 4.90 Å². The number of nitriles is 1. The van der Waals surface area contributed by atoms with Crippen molar-refractivity contribution in [2.24, 2.45) is 0 Å². The molecule has 20 heavy (non-hydrogen) atoms. The molecule has 1 unspecified atom stereocenters. The van der Waals surface area contributed by atoms with E-state index < -0.39 is 22.6 Å². The molecule has 1 saturated heterocycles. The molecule has 8 nitrogen and oxygen atoms in total. The number of halogens is 1. The third kappa shape index (κ3) is 2.84. The molecule has 1 atom stereocenters. The summed E-state index contributed by atoms with van der Waals surface area (Å²) in [5.41, 5.74) is -0.562. The van der Waals surface area contributed by atoms with Gasteiger partial charge >= 0.3 is 0 Å². The zero-order chi connectivity index (χ0) is 14.7. The summed E-state index contributed by atoms with van der Waals surface area (Å²) in [7, 11) is 0. The molecular formula is C11H9ClN4O4. The summed E-state index contributed by atoms with van der Waals surface area (Å²) in [6.45, 7) is 0.525. The second-order valence-corrected chi connectivity index (χ2v) is 4.41. The molecule has 0 bridgehead atoms. The highest BCUT2D eigenvalue weighted by Crippen LogP contribution is 2.22. The van der Waals surface area contributed by atoms with Crippen LogP contribution in [0.4, 0.5) is 5.69 Å². The molecule has 0 aliphatic carbocycles. The number of ether oxygens (including phenoxy) is 1. The van der Waals surface area contributed by atoms with Gasteiger partial charge in [-0.3, -0.25) is 14.9 Å². The summed E-state index contributed by atoms with van der Waals surface area (Å²) in [4.78, 5) is 27.5. The van der Waals surface area contributed by atoms with Crippen molar-refractivity contribution in [3.63, 3.8) is 0 Å². The van der Waals surface area contributed by atoms with Crippen molar-refractivity contribution >= 4 is 23.2 Å². The van der Waals surface area contributed by atoms with Gasteiger partial charge in [0.05, 0.1) is 24.1 Å². The number of carbonyl (C=O) groups excluding carboxylic acids is 1. The number of nitrogens with zero attached hydrogens (tertiary/aromatic N) is 4. The van der Waals surface area contributed by atoms with Crippen molar-refractivity contribution in [2.75, 3.05) is 19.7 Å². The predicted octanol–water partition coefficient (Wildman–Crippen LogP) is 1.01. The van der Waals surface area contributed by atoms with Crippen LogP contribution in [0.1, 0.15) is 10.4 Å². The zero-order valence-electron chi connectivity index (χ0n) is 10.2. The van der Waals surface area contributed by atoms with E-state index in [0.717, 1.165) is 12.3 Å². The highest BCUT2D eigenvalue weighted by Gasteiger charge is 2.29. The Kier molecular flexibility index (Phi) is 4.12. The van der Waals surface area contributed by atoms with Crippen molar-refractivity contribution in [1.29, 1.82) is 5.26 Å². The van der Waals surface area contributed by atoms with Crippen LogP contribution in [0.3, 0.4) is 0 Å². The summed E-state index contributed by atoms with van der Waals surface area (Å²) >= 11 is 5.68. The van der Waals surface area contributed by atoms with E-state index in [1.807, 2.05) is 6.07 Å². The van der Waals surface area contributed by atoms with Crippen molar-refractivity contribution in [1.82, 2.24) is 9.88 Å². The third-order valence-corrected chi connectivity index (χ3v) is 2.98. The molecule has 2 heterocycles. The third-order valence-electron chi connectivity index (χ3n) is 2.77. The van der Waals surface area contributed by atoms with Gasteiger partial charge in [-0.2, -0.15) is 5.26 Å². The first-order valence-electron chi connectivity index (χ1n) is 5.63. The molecule has 104 valence electrons. The standard InChI is InChI=1S/C11H9ClN4O4/c12-10-3-8(9(5-14-10)16(18)19)11(17)15-1-2-20-7(4-13)6-15/h3,5,7H,1-2,6H2. The Bertz CT molecular complexity index is 601. The van der Waals surface area contributed by atoms with Crippen LogP contribution < -0.4 is 0 Å². The maximum atomic E-state index is 12.3. The molecule has 1 aliphatic rings. The Morgan fingerprint density at radius 3 is 3.10 bits per heavy atom. The normalized spacial score (nSPS) is 18.4.